The molecule has 1 aromatic carbocycles. The van der Waals surface area contributed by atoms with E-state index >= 15 is 0 Å². The number of likely N-dealkylation sites (tertiary alicyclic amines) is 1. The van der Waals surface area contributed by atoms with Gasteiger partial charge in [0.1, 0.15) is 0 Å². The quantitative estimate of drug-likeness (QED) is 0.884. The fourth-order valence-electron chi connectivity index (χ4n) is 3.09. The van der Waals surface area contributed by atoms with Crippen LogP contribution in [0.4, 0.5) is 13.2 Å². The molecular formula is C19H19F3N2O3. The van der Waals surface area contributed by atoms with Crippen molar-refractivity contribution in [2.24, 2.45) is 5.92 Å². The standard InChI is InChI=1S/C19H19F3N2O3/c20-19(21,22)15-4-1-3-13(11-15)12-23-17(25)14-6-8-24(9-7-14)18(26)16-5-2-10-27-16/h1-5,10-11,14H,6-9,12H2,(H,23,25). The van der Waals surface area contributed by atoms with E-state index in [0.717, 1.165) is 12.1 Å². The molecule has 2 aromatic rings. The van der Waals surface area contributed by atoms with Gasteiger partial charge in [-0.1, -0.05) is 12.1 Å². The van der Waals surface area contributed by atoms with E-state index in [1.165, 1.54) is 12.3 Å². The first-order valence-corrected chi connectivity index (χ1v) is 8.61. The Hall–Kier alpha value is -2.77. The molecule has 0 radical (unpaired) electrons. The van der Waals surface area contributed by atoms with Gasteiger partial charge < -0.3 is 14.6 Å². The van der Waals surface area contributed by atoms with E-state index < -0.39 is 11.7 Å². The fourth-order valence-corrected chi connectivity index (χ4v) is 3.09. The van der Waals surface area contributed by atoms with Crippen molar-refractivity contribution in [2.75, 3.05) is 13.1 Å². The number of piperidine rings is 1. The third-order valence-corrected chi connectivity index (χ3v) is 4.61. The maximum Gasteiger partial charge on any atom is 0.416 e. The number of rotatable bonds is 4. The predicted molar refractivity (Wildman–Crippen MR) is 90.6 cm³/mol. The zero-order valence-corrected chi connectivity index (χ0v) is 14.5. The van der Waals surface area contributed by atoms with E-state index in [4.69, 9.17) is 4.42 Å². The summed E-state index contributed by atoms with van der Waals surface area (Å²) in [4.78, 5) is 26.1. The van der Waals surface area contributed by atoms with E-state index in [0.29, 0.717) is 31.5 Å². The molecule has 5 nitrogen and oxygen atoms in total. The molecule has 3 rings (SSSR count). The summed E-state index contributed by atoms with van der Waals surface area (Å²) >= 11 is 0. The van der Waals surface area contributed by atoms with Crippen LogP contribution in [0, 0.1) is 5.92 Å². The largest absolute Gasteiger partial charge is 0.459 e. The summed E-state index contributed by atoms with van der Waals surface area (Å²) in [5.74, 6) is -0.417. The fraction of sp³-hybridized carbons (Fsp3) is 0.368. The van der Waals surface area contributed by atoms with Gasteiger partial charge in [-0.25, -0.2) is 0 Å². The number of amides is 2. The maximum atomic E-state index is 12.7. The van der Waals surface area contributed by atoms with Crippen LogP contribution in [-0.4, -0.2) is 29.8 Å². The van der Waals surface area contributed by atoms with Gasteiger partial charge in [-0.05, 0) is 42.7 Å². The summed E-state index contributed by atoms with van der Waals surface area (Å²) in [5, 5.41) is 2.69. The minimum atomic E-state index is -4.41. The lowest BCUT2D eigenvalue weighted by atomic mass is 9.95. The van der Waals surface area contributed by atoms with Gasteiger partial charge in [0.05, 0.1) is 11.8 Å². The van der Waals surface area contributed by atoms with E-state index in [9.17, 15) is 22.8 Å². The zero-order valence-electron chi connectivity index (χ0n) is 14.5. The van der Waals surface area contributed by atoms with Crippen LogP contribution in [0.25, 0.3) is 0 Å². The van der Waals surface area contributed by atoms with Crippen LogP contribution in [0.1, 0.15) is 34.5 Å². The number of hydrogen-bond acceptors (Lipinski definition) is 3. The molecule has 0 atom stereocenters. The molecule has 2 amide bonds. The highest BCUT2D eigenvalue weighted by Crippen LogP contribution is 2.29. The lowest BCUT2D eigenvalue weighted by Gasteiger charge is -2.30. The molecule has 8 heteroatoms. The molecule has 27 heavy (non-hydrogen) atoms. The van der Waals surface area contributed by atoms with Crippen molar-refractivity contribution >= 4 is 11.8 Å². The Labute approximate surface area is 154 Å². The summed E-state index contributed by atoms with van der Waals surface area (Å²) < 4.78 is 43.3. The van der Waals surface area contributed by atoms with E-state index in [2.05, 4.69) is 5.32 Å². The minimum absolute atomic E-state index is 0.0360. The van der Waals surface area contributed by atoms with Crippen molar-refractivity contribution in [1.29, 1.82) is 0 Å². The van der Waals surface area contributed by atoms with Crippen molar-refractivity contribution in [3.05, 3.63) is 59.5 Å². The summed E-state index contributed by atoms with van der Waals surface area (Å²) in [6.07, 6.45) is -1.98. The van der Waals surface area contributed by atoms with Crippen molar-refractivity contribution in [1.82, 2.24) is 10.2 Å². The second-order valence-corrected chi connectivity index (χ2v) is 6.46. The number of nitrogens with zero attached hydrogens (tertiary/aromatic N) is 1. The molecule has 1 aliphatic rings. The van der Waals surface area contributed by atoms with Gasteiger partial charge in [0.25, 0.3) is 5.91 Å². The molecule has 1 fully saturated rings. The lowest BCUT2D eigenvalue weighted by Crippen LogP contribution is -2.42. The molecule has 0 unspecified atom stereocenters. The number of furan rings is 1. The first kappa shape index (κ1) is 19.0. The van der Waals surface area contributed by atoms with Crippen LogP contribution >= 0.6 is 0 Å². The summed E-state index contributed by atoms with van der Waals surface area (Å²) in [7, 11) is 0. The highest BCUT2D eigenvalue weighted by atomic mass is 19.4. The third kappa shape index (κ3) is 4.69. The second-order valence-electron chi connectivity index (χ2n) is 6.46. The molecule has 0 bridgehead atoms. The monoisotopic (exact) mass is 380 g/mol. The van der Waals surface area contributed by atoms with E-state index in [-0.39, 0.29) is 30.0 Å². The molecule has 2 heterocycles. The minimum Gasteiger partial charge on any atom is -0.459 e. The number of halogens is 3. The van der Waals surface area contributed by atoms with Gasteiger partial charge >= 0.3 is 6.18 Å². The Kier molecular flexibility index (Phi) is 5.53. The SMILES string of the molecule is O=C(NCc1cccc(C(F)(F)F)c1)C1CCN(C(=O)c2ccco2)CC1. The maximum absolute atomic E-state index is 12.7. The van der Waals surface area contributed by atoms with Crippen molar-refractivity contribution in [2.45, 2.75) is 25.6 Å². The van der Waals surface area contributed by atoms with Crippen LogP contribution < -0.4 is 5.32 Å². The normalized spacial score (nSPS) is 15.6. The van der Waals surface area contributed by atoms with E-state index in [1.54, 1.807) is 23.1 Å². The Balaban J connectivity index is 1.49. The van der Waals surface area contributed by atoms with Crippen molar-refractivity contribution in [3.8, 4) is 0 Å². The molecular weight excluding hydrogens is 361 g/mol. The average Bonchev–Trinajstić information content (AvgIpc) is 3.20. The van der Waals surface area contributed by atoms with Crippen LogP contribution in [0.2, 0.25) is 0 Å². The van der Waals surface area contributed by atoms with Gasteiger partial charge in [-0.2, -0.15) is 13.2 Å². The number of hydrogen-bond donors (Lipinski definition) is 1. The number of nitrogens with one attached hydrogen (secondary N) is 1. The molecule has 144 valence electrons. The molecule has 0 aliphatic carbocycles. The van der Waals surface area contributed by atoms with E-state index in [1.807, 2.05) is 0 Å². The molecule has 1 saturated heterocycles. The Morgan fingerprint density at radius 3 is 2.52 bits per heavy atom. The van der Waals surface area contributed by atoms with Crippen LogP contribution in [0.3, 0.4) is 0 Å². The Morgan fingerprint density at radius 1 is 1.15 bits per heavy atom. The number of carbonyl (C=O) groups excluding carboxylic acids is 2. The highest BCUT2D eigenvalue weighted by molar-refractivity contribution is 5.91. The van der Waals surface area contributed by atoms with Crippen LogP contribution in [-0.2, 0) is 17.5 Å². The van der Waals surface area contributed by atoms with Gasteiger partial charge in [0.2, 0.25) is 5.91 Å². The zero-order chi connectivity index (χ0) is 19.4. The molecule has 0 spiro atoms. The first-order chi connectivity index (χ1) is 12.8. The molecule has 1 N–H and O–H groups in total. The van der Waals surface area contributed by atoms with Crippen molar-refractivity contribution in [3.63, 3.8) is 0 Å². The number of alkyl halides is 3. The summed E-state index contributed by atoms with van der Waals surface area (Å²) in [5.41, 5.74) is -0.345. The predicted octanol–water partition coefficient (Wildman–Crippen LogP) is 3.47. The van der Waals surface area contributed by atoms with Crippen LogP contribution in [0.15, 0.2) is 47.1 Å². The number of benzene rings is 1. The van der Waals surface area contributed by atoms with Gasteiger partial charge in [-0.15, -0.1) is 0 Å². The smallest absolute Gasteiger partial charge is 0.416 e. The Morgan fingerprint density at radius 2 is 1.89 bits per heavy atom. The first-order valence-electron chi connectivity index (χ1n) is 8.61. The molecule has 0 saturated carbocycles. The second kappa shape index (κ2) is 7.85. The highest BCUT2D eigenvalue weighted by Gasteiger charge is 2.31. The van der Waals surface area contributed by atoms with Gasteiger partial charge in [-0.3, -0.25) is 9.59 Å². The number of carbonyl (C=O) groups is 2. The Bertz CT molecular complexity index is 795. The lowest BCUT2D eigenvalue weighted by molar-refractivity contribution is -0.137. The average molecular weight is 380 g/mol. The topological polar surface area (TPSA) is 62.6 Å². The molecule has 1 aliphatic heterocycles. The van der Waals surface area contributed by atoms with Gasteiger partial charge in [0.15, 0.2) is 5.76 Å². The van der Waals surface area contributed by atoms with Gasteiger partial charge in [0, 0.05) is 25.6 Å². The third-order valence-electron chi connectivity index (χ3n) is 4.61. The summed E-state index contributed by atoms with van der Waals surface area (Å²) in [6, 6.07) is 8.13. The summed E-state index contributed by atoms with van der Waals surface area (Å²) in [6.45, 7) is 0.899. The molecule has 1 aromatic heterocycles. The van der Waals surface area contributed by atoms with Crippen molar-refractivity contribution < 1.29 is 27.2 Å². The van der Waals surface area contributed by atoms with Crippen LogP contribution in [0.5, 0.6) is 0 Å².